The van der Waals surface area contributed by atoms with Gasteiger partial charge in [0.05, 0.1) is 0 Å². The Morgan fingerprint density at radius 2 is 2.33 bits per heavy atom. The zero-order chi connectivity index (χ0) is 6.91. The van der Waals surface area contributed by atoms with Gasteiger partial charge in [0, 0.05) is 3.42 Å². The van der Waals surface area contributed by atoms with Crippen molar-refractivity contribution in [3.8, 4) is 0 Å². The van der Waals surface area contributed by atoms with Crippen LogP contribution in [0.15, 0.2) is 23.8 Å². The van der Waals surface area contributed by atoms with E-state index in [9.17, 15) is 0 Å². The number of allylic oxidation sites excluding steroid dienone is 4. The van der Waals surface area contributed by atoms with Gasteiger partial charge in [-0.25, -0.2) is 0 Å². The van der Waals surface area contributed by atoms with E-state index < -0.39 is 0 Å². The molecule has 1 atom stereocenters. The second-order valence-electron chi connectivity index (χ2n) is 2.76. The predicted molar refractivity (Wildman–Crippen MR) is 49.9 cm³/mol. The van der Waals surface area contributed by atoms with E-state index in [1.165, 1.54) is 12.0 Å². The molecule has 0 aromatic carbocycles. The van der Waals surface area contributed by atoms with Crippen LogP contribution in [0.3, 0.4) is 0 Å². The summed E-state index contributed by atoms with van der Waals surface area (Å²) >= 11 is 2.47. The Kier molecular flexibility index (Phi) is 1.99. The van der Waals surface area contributed by atoms with Gasteiger partial charge in [-0.2, -0.15) is 0 Å². The van der Waals surface area contributed by atoms with Crippen LogP contribution in [0.4, 0.5) is 0 Å². The van der Waals surface area contributed by atoms with E-state index in [2.05, 4.69) is 54.7 Å². The van der Waals surface area contributed by atoms with Gasteiger partial charge in [0.2, 0.25) is 0 Å². The highest BCUT2D eigenvalue weighted by atomic mass is 127. The van der Waals surface area contributed by atoms with E-state index in [0.717, 1.165) is 0 Å². The lowest BCUT2D eigenvalue weighted by atomic mass is 9.99. The molecule has 0 nitrogen and oxygen atoms in total. The molecule has 0 saturated carbocycles. The summed E-state index contributed by atoms with van der Waals surface area (Å²) in [6.45, 7) is 4.38. The summed E-state index contributed by atoms with van der Waals surface area (Å²) in [7, 11) is 0. The van der Waals surface area contributed by atoms with E-state index in [-0.39, 0.29) is 0 Å². The largest absolute Gasteiger partial charge is 0.0800 e. The van der Waals surface area contributed by atoms with Gasteiger partial charge in [-0.05, 0) is 20.3 Å². The van der Waals surface area contributed by atoms with Crippen molar-refractivity contribution in [3.05, 3.63) is 23.8 Å². The number of rotatable bonds is 0. The van der Waals surface area contributed by atoms with E-state index in [1.807, 2.05) is 0 Å². The smallest absolute Gasteiger partial charge is 0.0410 e. The number of hydrogen-bond acceptors (Lipinski definition) is 0. The van der Waals surface area contributed by atoms with Crippen LogP contribution in [-0.2, 0) is 0 Å². The third-order valence-electron chi connectivity index (χ3n) is 1.52. The second-order valence-corrected chi connectivity index (χ2v) is 5.23. The molecule has 0 fully saturated rings. The summed E-state index contributed by atoms with van der Waals surface area (Å²) in [5.41, 5.74) is 1.39. The van der Waals surface area contributed by atoms with Crippen LogP contribution in [-0.4, -0.2) is 3.42 Å². The molecule has 0 N–H and O–H groups in total. The number of halogens is 1. The van der Waals surface area contributed by atoms with Gasteiger partial charge in [0.15, 0.2) is 0 Å². The maximum absolute atomic E-state index is 2.47. The highest BCUT2D eigenvalue weighted by molar-refractivity contribution is 14.1. The molecule has 0 radical (unpaired) electrons. The topological polar surface area (TPSA) is 0 Å². The number of hydrogen-bond donors (Lipinski definition) is 0. The molecular weight excluding hydrogens is 223 g/mol. The highest BCUT2D eigenvalue weighted by Crippen LogP contribution is 2.29. The van der Waals surface area contributed by atoms with Crippen molar-refractivity contribution in [2.75, 3.05) is 0 Å². The fraction of sp³-hybridized carbons (Fsp3) is 0.500. The minimum absolute atomic E-state index is 0.372. The van der Waals surface area contributed by atoms with E-state index in [0.29, 0.717) is 3.42 Å². The molecule has 1 heteroatoms. The fourth-order valence-corrected chi connectivity index (χ4v) is 1.20. The van der Waals surface area contributed by atoms with Crippen LogP contribution in [0.1, 0.15) is 20.3 Å². The molecule has 0 bridgehead atoms. The maximum atomic E-state index is 2.47. The van der Waals surface area contributed by atoms with Crippen molar-refractivity contribution in [2.45, 2.75) is 23.7 Å². The summed E-state index contributed by atoms with van der Waals surface area (Å²) < 4.78 is 0.372. The molecule has 0 aromatic rings. The average Bonchev–Trinajstić information content (AvgIpc) is 1.78. The SMILES string of the molecule is CC1=CCC(C)(I)C=C1. The first-order chi connectivity index (χ1) is 4.10. The zero-order valence-corrected chi connectivity index (χ0v) is 7.97. The summed E-state index contributed by atoms with van der Waals surface area (Å²) in [6, 6.07) is 0. The minimum atomic E-state index is 0.372. The van der Waals surface area contributed by atoms with Crippen molar-refractivity contribution < 1.29 is 0 Å². The quantitative estimate of drug-likeness (QED) is 0.446. The summed E-state index contributed by atoms with van der Waals surface area (Å²) in [6.07, 6.45) is 7.92. The Bertz CT molecular complexity index is 163. The molecule has 1 aliphatic carbocycles. The first-order valence-electron chi connectivity index (χ1n) is 3.15. The molecule has 1 unspecified atom stereocenters. The van der Waals surface area contributed by atoms with Crippen molar-refractivity contribution in [1.29, 1.82) is 0 Å². The van der Waals surface area contributed by atoms with Gasteiger partial charge in [-0.3, -0.25) is 0 Å². The second kappa shape index (κ2) is 2.45. The zero-order valence-electron chi connectivity index (χ0n) is 5.82. The Hall–Kier alpha value is 0.210. The van der Waals surface area contributed by atoms with E-state index in [1.54, 1.807) is 0 Å². The normalized spacial score (nSPS) is 34.3. The summed E-state index contributed by atoms with van der Waals surface area (Å²) in [5, 5.41) is 0. The molecule has 0 amide bonds. The average molecular weight is 234 g/mol. The summed E-state index contributed by atoms with van der Waals surface area (Å²) in [4.78, 5) is 0. The monoisotopic (exact) mass is 234 g/mol. The van der Waals surface area contributed by atoms with Crippen LogP contribution in [0, 0.1) is 0 Å². The third kappa shape index (κ3) is 2.12. The molecule has 1 aliphatic rings. The molecular formula is C8H11I. The molecule has 0 heterocycles. The Labute approximate surface area is 70.2 Å². The lowest BCUT2D eigenvalue weighted by Crippen LogP contribution is -2.11. The van der Waals surface area contributed by atoms with Gasteiger partial charge in [0.1, 0.15) is 0 Å². The first kappa shape index (κ1) is 7.32. The van der Waals surface area contributed by atoms with Crippen LogP contribution in [0.5, 0.6) is 0 Å². The Morgan fingerprint density at radius 1 is 1.67 bits per heavy atom. The molecule has 0 saturated heterocycles. The highest BCUT2D eigenvalue weighted by Gasteiger charge is 2.16. The van der Waals surface area contributed by atoms with Crippen LogP contribution in [0.2, 0.25) is 0 Å². The molecule has 0 aromatic heterocycles. The standard InChI is InChI=1S/C8H11I/c1-7-3-5-8(2,9)6-4-7/h3-5H,6H2,1-2H3. The first-order valence-corrected chi connectivity index (χ1v) is 4.23. The van der Waals surface area contributed by atoms with Crippen LogP contribution in [0.25, 0.3) is 0 Å². The van der Waals surface area contributed by atoms with Gasteiger partial charge < -0.3 is 0 Å². The van der Waals surface area contributed by atoms with E-state index in [4.69, 9.17) is 0 Å². The van der Waals surface area contributed by atoms with Crippen molar-refractivity contribution >= 4 is 22.6 Å². The van der Waals surface area contributed by atoms with Crippen molar-refractivity contribution in [3.63, 3.8) is 0 Å². The molecule has 0 aliphatic heterocycles. The lowest BCUT2D eigenvalue weighted by Gasteiger charge is -2.19. The molecule has 50 valence electrons. The van der Waals surface area contributed by atoms with Gasteiger partial charge in [-0.15, -0.1) is 0 Å². The van der Waals surface area contributed by atoms with E-state index >= 15 is 0 Å². The Balaban J connectivity index is 2.70. The van der Waals surface area contributed by atoms with Crippen LogP contribution >= 0.6 is 22.6 Å². The Morgan fingerprint density at radius 3 is 2.67 bits per heavy atom. The fourth-order valence-electron chi connectivity index (χ4n) is 0.802. The minimum Gasteiger partial charge on any atom is -0.0800 e. The van der Waals surface area contributed by atoms with Crippen LogP contribution < -0.4 is 0 Å². The predicted octanol–water partition coefficient (Wildman–Crippen LogP) is 3.09. The van der Waals surface area contributed by atoms with Crippen molar-refractivity contribution in [2.24, 2.45) is 0 Å². The van der Waals surface area contributed by atoms with Gasteiger partial charge >= 0.3 is 0 Å². The summed E-state index contributed by atoms with van der Waals surface area (Å²) in [5.74, 6) is 0. The molecule has 9 heavy (non-hydrogen) atoms. The lowest BCUT2D eigenvalue weighted by molar-refractivity contribution is 0.828. The molecule has 0 spiro atoms. The van der Waals surface area contributed by atoms with Gasteiger partial charge in [0.25, 0.3) is 0 Å². The molecule has 1 rings (SSSR count). The maximum Gasteiger partial charge on any atom is 0.0410 e. The van der Waals surface area contributed by atoms with Gasteiger partial charge in [-0.1, -0.05) is 46.4 Å². The number of alkyl halides is 1. The third-order valence-corrected chi connectivity index (χ3v) is 2.32. The van der Waals surface area contributed by atoms with Crippen molar-refractivity contribution in [1.82, 2.24) is 0 Å².